The molecule has 2 N–H and O–H groups in total. The molecule has 17 heavy (non-hydrogen) atoms. The molecule has 1 saturated carbocycles. The van der Waals surface area contributed by atoms with E-state index in [1.807, 2.05) is 0 Å². The van der Waals surface area contributed by atoms with Crippen LogP contribution < -0.4 is 5.73 Å². The fourth-order valence-electron chi connectivity index (χ4n) is 2.51. The summed E-state index contributed by atoms with van der Waals surface area (Å²) >= 11 is 5.24. The van der Waals surface area contributed by atoms with Gasteiger partial charge < -0.3 is 5.73 Å². The van der Waals surface area contributed by atoms with E-state index in [-0.39, 0.29) is 5.54 Å². The first-order valence-electron chi connectivity index (χ1n) is 6.03. The van der Waals surface area contributed by atoms with E-state index in [0.29, 0.717) is 0 Å². The molecular formula is C13H15BrN2S. The van der Waals surface area contributed by atoms with Gasteiger partial charge in [0.1, 0.15) is 5.01 Å². The minimum atomic E-state index is -0.172. The monoisotopic (exact) mass is 310 g/mol. The average Bonchev–Trinajstić information content (AvgIpc) is 2.73. The van der Waals surface area contributed by atoms with Crippen LogP contribution in [-0.4, -0.2) is 4.98 Å². The maximum Gasteiger partial charge on any atom is 0.114 e. The second kappa shape index (κ2) is 4.34. The minimum Gasteiger partial charge on any atom is -0.319 e. The van der Waals surface area contributed by atoms with Gasteiger partial charge in [-0.1, -0.05) is 35.2 Å². The molecule has 0 radical (unpaired) electrons. The first-order chi connectivity index (χ1) is 8.17. The molecule has 0 aliphatic heterocycles. The Bertz CT molecular complexity index is 543. The summed E-state index contributed by atoms with van der Waals surface area (Å²) in [6.45, 7) is 0. The lowest BCUT2D eigenvalue weighted by molar-refractivity contribution is 0.302. The standard InChI is InChI=1S/C13H15BrN2S/c14-9-4-5-11-10(8-9)16-12(17-11)13(15)6-2-1-3-7-13/h4-5,8H,1-3,6-7,15H2. The van der Waals surface area contributed by atoms with Gasteiger partial charge in [0.2, 0.25) is 0 Å². The van der Waals surface area contributed by atoms with Crippen LogP contribution >= 0.6 is 27.3 Å². The summed E-state index contributed by atoms with van der Waals surface area (Å²) < 4.78 is 2.31. The number of nitrogens with two attached hydrogens (primary N) is 1. The van der Waals surface area contributed by atoms with E-state index in [0.717, 1.165) is 27.8 Å². The van der Waals surface area contributed by atoms with E-state index in [1.165, 1.54) is 24.0 Å². The molecular weight excluding hydrogens is 296 g/mol. The zero-order valence-electron chi connectivity index (χ0n) is 9.58. The SMILES string of the molecule is NC1(c2nc3cc(Br)ccc3s2)CCCCC1. The van der Waals surface area contributed by atoms with Gasteiger partial charge in [-0.25, -0.2) is 4.98 Å². The van der Waals surface area contributed by atoms with Gasteiger partial charge >= 0.3 is 0 Å². The van der Waals surface area contributed by atoms with Crippen LogP contribution in [0.5, 0.6) is 0 Å². The van der Waals surface area contributed by atoms with Crippen molar-refractivity contribution in [2.45, 2.75) is 37.6 Å². The van der Waals surface area contributed by atoms with Crippen molar-refractivity contribution in [1.29, 1.82) is 0 Å². The Morgan fingerprint density at radius 3 is 2.76 bits per heavy atom. The Morgan fingerprint density at radius 1 is 1.24 bits per heavy atom. The van der Waals surface area contributed by atoms with Crippen LogP contribution in [0.25, 0.3) is 10.2 Å². The summed E-state index contributed by atoms with van der Waals surface area (Å²) in [5.74, 6) is 0. The van der Waals surface area contributed by atoms with Crippen LogP contribution in [0.4, 0.5) is 0 Å². The van der Waals surface area contributed by atoms with Gasteiger partial charge in [-0.3, -0.25) is 0 Å². The van der Waals surface area contributed by atoms with Crippen molar-refractivity contribution in [3.8, 4) is 0 Å². The summed E-state index contributed by atoms with van der Waals surface area (Å²) in [6.07, 6.45) is 5.93. The largest absolute Gasteiger partial charge is 0.319 e. The van der Waals surface area contributed by atoms with Crippen LogP contribution in [0.15, 0.2) is 22.7 Å². The molecule has 0 spiro atoms. The predicted octanol–water partition coefficient (Wildman–Crippen LogP) is 4.18. The molecule has 0 amide bonds. The van der Waals surface area contributed by atoms with Gasteiger partial charge in [-0.05, 0) is 31.0 Å². The van der Waals surface area contributed by atoms with Crippen LogP contribution in [0.2, 0.25) is 0 Å². The Balaban J connectivity index is 2.05. The highest BCUT2D eigenvalue weighted by atomic mass is 79.9. The third kappa shape index (κ3) is 2.14. The molecule has 2 nitrogen and oxygen atoms in total. The number of thiazole rings is 1. The van der Waals surface area contributed by atoms with Gasteiger partial charge in [0, 0.05) is 4.47 Å². The summed E-state index contributed by atoms with van der Waals surface area (Å²) in [7, 11) is 0. The summed E-state index contributed by atoms with van der Waals surface area (Å²) in [5, 5.41) is 1.12. The highest BCUT2D eigenvalue weighted by molar-refractivity contribution is 9.10. The number of fused-ring (bicyclic) bond motifs is 1. The molecule has 1 fully saturated rings. The molecule has 0 unspecified atom stereocenters. The van der Waals surface area contributed by atoms with E-state index >= 15 is 0 Å². The van der Waals surface area contributed by atoms with Crippen molar-refractivity contribution < 1.29 is 0 Å². The molecule has 1 aromatic heterocycles. The highest BCUT2D eigenvalue weighted by Gasteiger charge is 2.32. The zero-order chi connectivity index (χ0) is 11.9. The molecule has 3 rings (SSSR count). The van der Waals surface area contributed by atoms with Crippen LogP contribution in [0.1, 0.15) is 37.1 Å². The van der Waals surface area contributed by atoms with E-state index in [9.17, 15) is 0 Å². The predicted molar refractivity (Wildman–Crippen MR) is 76.3 cm³/mol. The fourth-order valence-corrected chi connectivity index (χ4v) is 3.96. The number of rotatable bonds is 1. The number of hydrogen-bond acceptors (Lipinski definition) is 3. The molecule has 90 valence electrons. The lowest BCUT2D eigenvalue weighted by atomic mass is 9.83. The van der Waals surface area contributed by atoms with Crippen molar-refractivity contribution in [3.05, 3.63) is 27.7 Å². The smallest absolute Gasteiger partial charge is 0.114 e. The molecule has 1 aliphatic rings. The number of nitrogens with zero attached hydrogens (tertiary/aromatic N) is 1. The van der Waals surface area contributed by atoms with Crippen molar-refractivity contribution in [3.63, 3.8) is 0 Å². The van der Waals surface area contributed by atoms with Gasteiger partial charge in [0.15, 0.2) is 0 Å². The topological polar surface area (TPSA) is 38.9 Å². The molecule has 1 aromatic carbocycles. The van der Waals surface area contributed by atoms with Crippen LogP contribution in [0, 0.1) is 0 Å². The van der Waals surface area contributed by atoms with Gasteiger partial charge in [-0.15, -0.1) is 11.3 Å². The maximum atomic E-state index is 6.52. The molecule has 0 atom stereocenters. The lowest BCUT2D eigenvalue weighted by Crippen LogP contribution is -2.38. The first kappa shape index (κ1) is 11.6. The number of benzene rings is 1. The minimum absolute atomic E-state index is 0.172. The van der Waals surface area contributed by atoms with E-state index in [1.54, 1.807) is 11.3 Å². The second-order valence-corrected chi connectivity index (χ2v) is 6.79. The molecule has 4 heteroatoms. The maximum absolute atomic E-state index is 6.52. The Kier molecular flexibility index (Phi) is 2.97. The van der Waals surface area contributed by atoms with Gasteiger partial charge in [0.05, 0.1) is 15.8 Å². The van der Waals surface area contributed by atoms with Crippen LogP contribution in [-0.2, 0) is 5.54 Å². The van der Waals surface area contributed by atoms with Crippen molar-refractivity contribution in [2.24, 2.45) is 5.73 Å². The first-order valence-corrected chi connectivity index (χ1v) is 7.64. The molecule has 1 aliphatic carbocycles. The van der Waals surface area contributed by atoms with E-state index in [4.69, 9.17) is 10.7 Å². The third-order valence-corrected chi connectivity index (χ3v) is 5.27. The molecule has 0 saturated heterocycles. The van der Waals surface area contributed by atoms with E-state index in [2.05, 4.69) is 34.1 Å². The lowest BCUT2D eigenvalue weighted by Gasteiger charge is -2.31. The van der Waals surface area contributed by atoms with E-state index < -0.39 is 0 Å². The van der Waals surface area contributed by atoms with Gasteiger partial charge in [0.25, 0.3) is 0 Å². The van der Waals surface area contributed by atoms with Crippen molar-refractivity contribution in [1.82, 2.24) is 4.98 Å². The Hall–Kier alpha value is -0.450. The Morgan fingerprint density at radius 2 is 2.00 bits per heavy atom. The highest BCUT2D eigenvalue weighted by Crippen LogP contribution is 2.38. The number of aromatic nitrogens is 1. The third-order valence-electron chi connectivity index (χ3n) is 3.52. The fraction of sp³-hybridized carbons (Fsp3) is 0.462. The quantitative estimate of drug-likeness (QED) is 0.858. The van der Waals surface area contributed by atoms with Crippen LogP contribution in [0.3, 0.4) is 0 Å². The summed E-state index contributed by atoms with van der Waals surface area (Å²) in [5.41, 5.74) is 7.41. The Labute approximate surface area is 113 Å². The van der Waals surface area contributed by atoms with Gasteiger partial charge in [-0.2, -0.15) is 0 Å². The summed E-state index contributed by atoms with van der Waals surface area (Å²) in [4.78, 5) is 4.73. The number of hydrogen-bond donors (Lipinski definition) is 1. The second-order valence-electron chi connectivity index (χ2n) is 4.85. The van der Waals surface area contributed by atoms with Crippen molar-refractivity contribution >= 4 is 37.5 Å². The molecule has 2 aromatic rings. The normalized spacial score (nSPS) is 19.6. The average molecular weight is 311 g/mol. The summed E-state index contributed by atoms with van der Waals surface area (Å²) in [6, 6.07) is 6.25. The molecule has 1 heterocycles. The zero-order valence-corrected chi connectivity index (χ0v) is 12.0. The molecule has 0 bridgehead atoms. The van der Waals surface area contributed by atoms with Crippen molar-refractivity contribution in [2.75, 3.05) is 0 Å². The number of halogens is 1.